The van der Waals surface area contributed by atoms with Crippen molar-refractivity contribution in [2.24, 2.45) is 0 Å². The van der Waals surface area contributed by atoms with Crippen LogP contribution in [-0.4, -0.2) is 12.5 Å². The second-order valence-electron chi connectivity index (χ2n) is 3.03. The van der Waals surface area contributed by atoms with E-state index in [4.69, 9.17) is 9.15 Å². The summed E-state index contributed by atoms with van der Waals surface area (Å²) in [6, 6.07) is 10.8. The lowest BCUT2D eigenvalue weighted by atomic mass is 10.3. The van der Waals surface area contributed by atoms with E-state index < -0.39 is 0 Å². The summed E-state index contributed by atoms with van der Waals surface area (Å²) in [4.78, 5) is 11.5. The second-order valence-corrected chi connectivity index (χ2v) is 3.88. The van der Waals surface area contributed by atoms with Crippen LogP contribution >= 0.6 is 11.8 Å². The lowest BCUT2D eigenvalue weighted by Gasteiger charge is -2.05. The molecule has 0 aliphatic heterocycles. The third kappa shape index (κ3) is 2.28. The molecule has 0 atom stereocenters. The highest BCUT2D eigenvalue weighted by Gasteiger charge is 2.06. The van der Waals surface area contributed by atoms with Crippen molar-refractivity contribution >= 4 is 18.0 Å². The average Bonchev–Trinajstić information content (AvgIpc) is 2.77. The molecule has 0 radical (unpaired) electrons. The summed E-state index contributed by atoms with van der Waals surface area (Å²) >= 11 is 1.59. The van der Waals surface area contributed by atoms with E-state index in [2.05, 4.69) is 0 Å². The first-order chi connectivity index (χ1) is 7.83. The molecule has 0 amide bonds. The standard InChI is InChI=1S/C12H10O3S/c1-16-11-5-3-2-4-10(11)15-12-7-6-9(8-13)14-12/h2-8H,1H3. The molecular weight excluding hydrogens is 224 g/mol. The number of furan rings is 1. The van der Waals surface area contributed by atoms with E-state index in [1.807, 2.05) is 30.5 Å². The van der Waals surface area contributed by atoms with Gasteiger partial charge in [0.1, 0.15) is 5.75 Å². The molecule has 3 nitrogen and oxygen atoms in total. The summed E-state index contributed by atoms with van der Waals surface area (Å²) in [7, 11) is 0. The van der Waals surface area contributed by atoms with Gasteiger partial charge < -0.3 is 9.15 Å². The van der Waals surface area contributed by atoms with E-state index in [1.54, 1.807) is 23.9 Å². The van der Waals surface area contributed by atoms with Gasteiger partial charge in [0.05, 0.1) is 0 Å². The zero-order valence-corrected chi connectivity index (χ0v) is 9.49. The van der Waals surface area contributed by atoms with Gasteiger partial charge in [0, 0.05) is 11.0 Å². The van der Waals surface area contributed by atoms with Crippen molar-refractivity contribution in [1.29, 1.82) is 0 Å². The number of hydrogen-bond acceptors (Lipinski definition) is 4. The fourth-order valence-corrected chi connectivity index (χ4v) is 1.79. The summed E-state index contributed by atoms with van der Waals surface area (Å²) in [5, 5.41) is 0. The molecule has 0 N–H and O–H groups in total. The molecule has 0 saturated heterocycles. The minimum absolute atomic E-state index is 0.261. The minimum Gasteiger partial charge on any atom is -0.425 e. The van der Waals surface area contributed by atoms with Gasteiger partial charge in [-0.1, -0.05) is 12.1 Å². The molecule has 0 unspecified atom stereocenters. The van der Waals surface area contributed by atoms with Gasteiger partial charge in [0.15, 0.2) is 12.0 Å². The number of thioether (sulfide) groups is 1. The Bertz CT molecular complexity index is 491. The van der Waals surface area contributed by atoms with E-state index in [1.165, 1.54) is 0 Å². The highest BCUT2D eigenvalue weighted by molar-refractivity contribution is 7.98. The van der Waals surface area contributed by atoms with Crippen LogP contribution in [0, 0.1) is 0 Å². The van der Waals surface area contributed by atoms with E-state index in [0.29, 0.717) is 12.2 Å². The van der Waals surface area contributed by atoms with Crippen LogP contribution in [0.25, 0.3) is 0 Å². The molecule has 0 aliphatic carbocycles. The third-order valence-electron chi connectivity index (χ3n) is 2.00. The largest absolute Gasteiger partial charge is 0.425 e. The molecule has 0 saturated carbocycles. The van der Waals surface area contributed by atoms with Crippen LogP contribution in [0.3, 0.4) is 0 Å². The molecule has 82 valence electrons. The first-order valence-corrected chi connectivity index (χ1v) is 5.92. The quantitative estimate of drug-likeness (QED) is 0.598. The Morgan fingerprint density at radius 3 is 2.75 bits per heavy atom. The van der Waals surface area contributed by atoms with Crippen molar-refractivity contribution in [2.45, 2.75) is 4.90 Å². The number of benzene rings is 1. The Morgan fingerprint density at radius 2 is 2.06 bits per heavy atom. The van der Waals surface area contributed by atoms with Crippen LogP contribution in [0.2, 0.25) is 0 Å². The van der Waals surface area contributed by atoms with Gasteiger partial charge in [-0.2, -0.15) is 0 Å². The SMILES string of the molecule is CSc1ccccc1Oc1ccc(C=O)o1. The van der Waals surface area contributed by atoms with Gasteiger partial charge in [0.2, 0.25) is 0 Å². The van der Waals surface area contributed by atoms with E-state index in [-0.39, 0.29) is 5.76 Å². The summed E-state index contributed by atoms with van der Waals surface area (Å²) in [5.74, 6) is 1.31. The molecule has 4 heteroatoms. The van der Waals surface area contributed by atoms with Gasteiger partial charge in [-0.25, -0.2) is 0 Å². The lowest BCUT2D eigenvalue weighted by molar-refractivity contribution is 0.109. The van der Waals surface area contributed by atoms with E-state index in [0.717, 1.165) is 10.6 Å². The van der Waals surface area contributed by atoms with Crippen molar-refractivity contribution in [3.8, 4) is 11.7 Å². The predicted octanol–water partition coefficient (Wildman–Crippen LogP) is 3.61. The van der Waals surface area contributed by atoms with Crippen LogP contribution in [0.1, 0.15) is 10.6 Å². The van der Waals surface area contributed by atoms with Crippen molar-refractivity contribution in [3.05, 3.63) is 42.2 Å². The molecule has 2 rings (SSSR count). The zero-order valence-electron chi connectivity index (χ0n) is 8.67. The molecule has 0 bridgehead atoms. The Balaban J connectivity index is 2.22. The number of para-hydroxylation sites is 1. The predicted molar refractivity (Wildman–Crippen MR) is 62.4 cm³/mol. The first-order valence-electron chi connectivity index (χ1n) is 4.69. The van der Waals surface area contributed by atoms with Gasteiger partial charge in [-0.05, 0) is 24.5 Å². The smallest absolute Gasteiger partial charge is 0.290 e. The molecule has 0 fully saturated rings. The second kappa shape index (κ2) is 4.90. The van der Waals surface area contributed by atoms with E-state index >= 15 is 0 Å². The maximum atomic E-state index is 10.4. The highest BCUT2D eigenvalue weighted by atomic mass is 32.2. The van der Waals surface area contributed by atoms with Crippen molar-refractivity contribution in [3.63, 3.8) is 0 Å². The summed E-state index contributed by atoms with van der Waals surface area (Å²) < 4.78 is 10.7. The number of carbonyl (C=O) groups is 1. The van der Waals surface area contributed by atoms with Crippen molar-refractivity contribution < 1.29 is 13.9 Å². The summed E-state index contributed by atoms with van der Waals surface area (Å²) in [6.07, 6.45) is 2.62. The Morgan fingerprint density at radius 1 is 1.25 bits per heavy atom. The van der Waals surface area contributed by atoms with Gasteiger partial charge >= 0.3 is 0 Å². The Kier molecular flexibility index (Phi) is 3.31. The van der Waals surface area contributed by atoms with E-state index in [9.17, 15) is 4.79 Å². The molecular formula is C12H10O3S. The Labute approximate surface area is 97.4 Å². The number of rotatable bonds is 4. The molecule has 1 aromatic carbocycles. The van der Waals surface area contributed by atoms with Crippen LogP contribution in [0.15, 0.2) is 45.7 Å². The van der Waals surface area contributed by atoms with Crippen LogP contribution in [0.5, 0.6) is 11.7 Å². The minimum atomic E-state index is 0.261. The first kappa shape index (κ1) is 10.8. The maximum absolute atomic E-state index is 10.4. The monoisotopic (exact) mass is 234 g/mol. The fourth-order valence-electron chi connectivity index (χ4n) is 1.26. The molecule has 1 heterocycles. The molecule has 16 heavy (non-hydrogen) atoms. The van der Waals surface area contributed by atoms with Crippen LogP contribution < -0.4 is 4.74 Å². The summed E-state index contributed by atoms with van der Waals surface area (Å²) in [5.41, 5.74) is 0. The maximum Gasteiger partial charge on any atom is 0.290 e. The fraction of sp³-hybridized carbons (Fsp3) is 0.0833. The van der Waals surface area contributed by atoms with Gasteiger partial charge in [0.25, 0.3) is 5.95 Å². The molecule has 2 aromatic rings. The van der Waals surface area contributed by atoms with Gasteiger partial charge in [-0.15, -0.1) is 11.8 Å². The van der Waals surface area contributed by atoms with Crippen LogP contribution in [-0.2, 0) is 0 Å². The Hall–Kier alpha value is -1.68. The number of hydrogen-bond donors (Lipinski definition) is 0. The lowest BCUT2D eigenvalue weighted by Crippen LogP contribution is -1.84. The van der Waals surface area contributed by atoms with Gasteiger partial charge in [-0.3, -0.25) is 4.79 Å². The van der Waals surface area contributed by atoms with Crippen LogP contribution in [0.4, 0.5) is 0 Å². The topological polar surface area (TPSA) is 39.4 Å². The highest BCUT2D eigenvalue weighted by Crippen LogP contribution is 2.31. The average molecular weight is 234 g/mol. The molecule has 1 aromatic heterocycles. The van der Waals surface area contributed by atoms with Crippen molar-refractivity contribution in [1.82, 2.24) is 0 Å². The normalized spacial score (nSPS) is 10.1. The number of aldehydes is 1. The summed E-state index contributed by atoms with van der Waals surface area (Å²) in [6.45, 7) is 0. The zero-order chi connectivity index (χ0) is 11.4. The third-order valence-corrected chi connectivity index (χ3v) is 2.77. The number of ether oxygens (including phenoxy) is 1. The number of carbonyl (C=O) groups excluding carboxylic acids is 1. The molecule has 0 spiro atoms. The molecule has 0 aliphatic rings. The van der Waals surface area contributed by atoms with Crippen molar-refractivity contribution in [2.75, 3.05) is 6.26 Å².